The first-order chi connectivity index (χ1) is 7.88. The Hall–Kier alpha value is -0.890. The molecule has 0 heterocycles. The van der Waals surface area contributed by atoms with Gasteiger partial charge >= 0.3 is 0 Å². The number of carbonyl (C=O) groups is 1. The third-order valence-corrected chi connectivity index (χ3v) is 4.44. The van der Waals surface area contributed by atoms with Crippen molar-refractivity contribution in [3.05, 3.63) is 23.3 Å². The molecule has 4 atom stereocenters. The van der Waals surface area contributed by atoms with Gasteiger partial charge in [0.05, 0.1) is 6.10 Å². The minimum atomic E-state index is -0.408. The molecule has 0 aromatic rings. The van der Waals surface area contributed by atoms with E-state index in [0.717, 1.165) is 18.4 Å². The van der Waals surface area contributed by atoms with Crippen LogP contribution in [0.1, 0.15) is 40.5 Å². The Morgan fingerprint density at radius 3 is 2.76 bits per heavy atom. The SMILES string of the molecule is CC(C)=CCC[C@@]1(C)[C@@H]2[C@@H](O)C(C)=CC(=O)[C@@H]21. The highest BCUT2D eigenvalue weighted by molar-refractivity contribution is 5.97. The number of hydrogen-bond acceptors (Lipinski definition) is 2. The van der Waals surface area contributed by atoms with Gasteiger partial charge in [0.15, 0.2) is 5.78 Å². The molecule has 2 nitrogen and oxygen atoms in total. The Kier molecular flexibility index (Phi) is 3.03. The van der Waals surface area contributed by atoms with Crippen LogP contribution in [-0.4, -0.2) is 17.0 Å². The van der Waals surface area contributed by atoms with Crippen LogP contribution in [0.3, 0.4) is 0 Å². The molecule has 0 aliphatic heterocycles. The number of aliphatic hydroxyl groups is 1. The number of hydrogen-bond donors (Lipinski definition) is 1. The molecular formula is C15H22O2. The summed E-state index contributed by atoms with van der Waals surface area (Å²) in [7, 11) is 0. The lowest BCUT2D eigenvalue weighted by molar-refractivity contribution is -0.117. The van der Waals surface area contributed by atoms with Gasteiger partial charge in [-0.05, 0) is 50.7 Å². The molecule has 1 fully saturated rings. The summed E-state index contributed by atoms with van der Waals surface area (Å²) >= 11 is 0. The van der Waals surface area contributed by atoms with Crippen molar-refractivity contribution in [1.82, 2.24) is 0 Å². The van der Waals surface area contributed by atoms with Crippen molar-refractivity contribution in [3.8, 4) is 0 Å². The second kappa shape index (κ2) is 4.09. The van der Waals surface area contributed by atoms with Crippen molar-refractivity contribution >= 4 is 5.78 Å². The van der Waals surface area contributed by atoms with Crippen LogP contribution in [0.15, 0.2) is 23.3 Å². The Morgan fingerprint density at radius 1 is 1.53 bits per heavy atom. The summed E-state index contributed by atoms with van der Waals surface area (Å²) in [6.07, 6.45) is 5.45. The summed E-state index contributed by atoms with van der Waals surface area (Å²) in [6.45, 7) is 8.18. The van der Waals surface area contributed by atoms with Crippen molar-refractivity contribution < 1.29 is 9.90 Å². The van der Waals surface area contributed by atoms with Gasteiger partial charge < -0.3 is 5.11 Å². The molecule has 1 N–H and O–H groups in total. The molecule has 2 aliphatic carbocycles. The predicted molar refractivity (Wildman–Crippen MR) is 68.5 cm³/mol. The standard InChI is InChI=1S/C15H22O2/c1-9(2)6-5-7-15(4)12-11(16)8-10(3)14(17)13(12)15/h6,8,12-14,17H,5,7H2,1-4H3/t12-,13-,14-,15+/m0/s1. The fraction of sp³-hybridized carbons (Fsp3) is 0.667. The van der Waals surface area contributed by atoms with E-state index in [1.807, 2.05) is 6.92 Å². The molecule has 0 unspecified atom stereocenters. The van der Waals surface area contributed by atoms with E-state index in [-0.39, 0.29) is 23.0 Å². The average Bonchev–Trinajstić information content (AvgIpc) is 2.82. The third-order valence-electron chi connectivity index (χ3n) is 4.44. The second-order valence-corrected chi connectivity index (χ2v) is 6.06. The van der Waals surface area contributed by atoms with Crippen LogP contribution in [-0.2, 0) is 4.79 Å². The first-order valence-electron chi connectivity index (χ1n) is 6.41. The van der Waals surface area contributed by atoms with E-state index < -0.39 is 6.10 Å². The Labute approximate surface area is 103 Å². The van der Waals surface area contributed by atoms with Gasteiger partial charge in [0.25, 0.3) is 0 Å². The maximum Gasteiger partial charge on any atom is 0.159 e. The molecule has 2 aliphatic rings. The van der Waals surface area contributed by atoms with E-state index >= 15 is 0 Å². The predicted octanol–water partition coefficient (Wildman–Crippen LogP) is 2.88. The number of carbonyl (C=O) groups excluding carboxylic acids is 1. The van der Waals surface area contributed by atoms with Crippen molar-refractivity contribution in [2.75, 3.05) is 0 Å². The zero-order chi connectivity index (χ0) is 12.8. The molecule has 1 saturated carbocycles. The second-order valence-electron chi connectivity index (χ2n) is 6.06. The molecule has 0 bridgehead atoms. The quantitative estimate of drug-likeness (QED) is 0.762. The lowest BCUT2D eigenvalue weighted by atomic mass is 9.94. The number of allylic oxidation sites excluding steroid dienone is 3. The molecule has 0 saturated heterocycles. The summed E-state index contributed by atoms with van der Waals surface area (Å²) in [6, 6.07) is 0. The summed E-state index contributed by atoms with van der Waals surface area (Å²) in [4.78, 5) is 11.9. The third kappa shape index (κ3) is 1.99. The molecule has 0 radical (unpaired) electrons. The van der Waals surface area contributed by atoms with Crippen molar-refractivity contribution in [3.63, 3.8) is 0 Å². The molecule has 2 heteroatoms. The van der Waals surface area contributed by atoms with Crippen LogP contribution in [0, 0.1) is 17.3 Å². The highest BCUT2D eigenvalue weighted by Crippen LogP contribution is 2.65. The summed E-state index contributed by atoms with van der Waals surface area (Å²) in [5.41, 5.74) is 2.16. The van der Waals surface area contributed by atoms with Gasteiger partial charge in [0.1, 0.15) is 0 Å². The first-order valence-corrected chi connectivity index (χ1v) is 6.41. The molecule has 17 heavy (non-hydrogen) atoms. The van der Waals surface area contributed by atoms with Crippen LogP contribution in [0.2, 0.25) is 0 Å². The first kappa shape index (κ1) is 12.6. The van der Waals surface area contributed by atoms with Crippen molar-refractivity contribution in [2.24, 2.45) is 17.3 Å². The van der Waals surface area contributed by atoms with Crippen LogP contribution in [0.25, 0.3) is 0 Å². The van der Waals surface area contributed by atoms with Gasteiger partial charge in [0.2, 0.25) is 0 Å². The Bertz CT molecular complexity index is 401. The lowest BCUT2D eigenvalue weighted by Crippen LogP contribution is -2.20. The van der Waals surface area contributed by atoms with E-state index in [0.29, 0.717) is 0 Å². The van der Waals surface area contributed by atoms with Gasteiger partial charge in [0, 0.05) is 11.8 Å². The molecular weight excluding hydrogens is 212 g/mol. The van der Waals surface area contributed by atoms with E-state index in [2.05, 4.69) is 26.8 Å². The molecule has 0 spiro atoms. The zero-order valence-corrected chi connectivity index (χ0v) is 11.2. The normalized spacial score (nSPS) is 39.5. The summed E-state index contributed by atoms with van der Waals surface area (Å²) in [5.74, 6) is 0.440. The van der Waals surface area contributed by atoms with Crippen LogP contribution < -0.4 is 0 Å². The van der Waals surface area contributed by atoms with Crippen LogP contribution >= 0.6 is 0 Å². The van der Waals surface area contributed by atoms with E-state index in [9.17, 15) is 9.90 Å². The minimum Gasteiger partial charge on any atom is -0.388 e. The van der Waals surface area contributed by atoms with Gasteiger partial charge in [-0.1, -0.05) is 18.6 Å². The maximum atomic E-state index is 11.9. The number of aliphatic hydroxyl groups excluding tert-OH is 1. The van der Waals surface area contributed by atoms with E-state index in [1.165, 1.54) is 5.57 Å². The average molecular weight is 234 g/mol. The smallest absolute Gasteiger partial charge is 0.159 e. The van der Waals surface area contributed by atoms with Gasteiger partial charge in [-0.25, -0.2) is 0 Å². The lowest BCUT2D eigenvalue weighted by Gasteiger charge is -2.15. The van der Waals surface area contributed by atoms with E-state index in [4.69, 9.17) is 0 Å². The molecule has 2 rings (SSSR count). The van der Waals surface area contributed by atoms with Gasteiger partial charge in [-0.3, -0.25) is 4.79 Å². The van der Waals surface area contributed by atoms with Crippen molar-refractivity contribution in [2.45, 2.75) is 46.6 Å². The molecule has 0 aromatic heterocycles. The number of ketones is 1. The molecule has 0 aromatic carbocycles. The van der Waals surface area contributed by atoms with E-state index in [1.54, 1.807) is 6.08 Å². The summed E-state index contributed by atoms with van der Waals surface area (Å²) in [5, 5.41) is 10.1. The van der Waals surface area contributed by atoms with Gasteiger partial charge in [-0.2, -0.15) is 0 Å². The minimum absolute atomic E-state index is 0.0106. The summed E-state index contributed by atoms with van der Waals surface area (Å²) < 4.78 is 0. The van der Waals surface area contributed by atoms with Gasteiger partial charge in [-0.15, -0.1) is 0 Å². The fourth-order valence-corrected chi connectivity index (χ4v) is 3.32. The Balaban J connectivity index is 2.07. The van der Waals surface area contributed by atoms with Crippen LogP contribution in [0.4, 0.5) is 0 Å². The largest absolute Gasteiger partial charge is 0.388 e. The van der Waals surface area contributed by atoms with Crippen LogP contribution in [0.5, 0.6) is 0 Å². The highest BCUT2D eigenvalue weighted by atomic mass is 16.3. The highest BCUT2D eigenvalue weighted by Gasteiger charge is 2.67. The van der Waals surface area contributed by atoms with Crippen molar-refractivity contribution in [1.29, 1.82) is 0 Å². The Morgan fingerprint density at radius 2 is 2.18 bits per heavy atom. The number of fused-ring (bicyclic) bond motifs is 1. The monoisotopic (exact) mass is 234 g/mol. The number of rotatable bonds is 3. The molecule has 0 amide bonds. The topological polar surface area (TPSA) is 37.3 Å². The zero-order valence-electron chi connectivity index (χ0n) is 11.2. The maximum absolute atomic E-state index is 11.9. The fourth-order valence-electron chi connectivity index (χ4n) is 3.32. The molecule has 94 valence electrons.